The second-order valence-corrected chi connectivity index (χ2v) is 5.21. The van der Waals surface area contributed by atoms with Crippen LogP contribution in [0, 0.1) is 11.8 Å². The molecule has 0 aromatic rings. The van der Waals surface area contributed by atoms with Crippen LogP contribution in [0.3, 0.4) is 0 Å². The zero-order valence-electron chi connectivity index (χ0n) is 10.6. The highest BCUT2D eigenvalue weighted by Gasteiger charge is 2.29. The molecule has 0 aromatic heterocycles. The lowest BCUT2D eigenvalue weighted by atomic mass is 9.84. The van der Waals surface area contributed by atoms with E-state index in [0.717, 1.165) is 19.0 Å². The van der Waals surface area contributed by atoms with Gasteiger partial charge >= 0.3 is 0 Å². The zero-order valence-corrected chi connectivity index (χ0v) is 10.6. The molecule has 1 atom stereocenters. The standard InChI is InChI=1S/C13H22N2O2/c1-2-15(9-10-4-3-5-10)13(17)11-6-7-12(16)14-8-11/h10-11H,2-9H2,1H3,(H,14,16). The fourth-order valence-corrected chi connectivity index (χ4v) is 2.56. The molecule has 1 unspecified atom stereocenters. The molecule has 1 N–H and O–H groups in total. The third-order valence-corrected chi connectivity index (χ3v) is 4.01. The Hall–Kier alpha value is -1.06. The Morgan fingerprint density at radius 2 is 2.18 bits per heavy atom. The van der Waals surface area contributed by atoms with Crippen LogP contribution in [0.2, 0.25) is 0 Å². The molecule has 0 bridgehead atoms. The second kappa shape index (κ2) is 5.52. The summed E-state index contributed by atoms with van der Waals surface area (Å²) in [5.74, 6) is 1.04. The Bertz CT molecular complexity index is 290. The van der Waals surface area contributed by atoms with Gasteiger partial charge in [0.1, 0.15) is 0 Å². The van der Waals surface area contributed by atoms with Crippen molar-refractivity contribution in [2.45, 2.75) is 39.0 Å². The minimum atomic E-state index is 0.00715. The lowest BCUT2D eigenvalue weighted by Gasteiger charge is -2.34. The van der Waals surface area contributed by atoms with Crippen molar-refractivity contribution in [2.75, 3.05) is 19.6 Å². The first-order valence-corrected chi connectivity index (χ1v) is 6.76. The molecule has 0 aromatic carbocycles. The number of carbonyl (C=O) groups excluding carboxylic acids is 2. The molecule has 2 fully saturated rings. The molecule has 4 nitrogen and oxygen atoms in total. The maximum atomic E-state index is 12.3. The average molecular weight is 238 g/mol. The van der Waals surface area contributed by atoms with Crippen molar-refractivity contribution < 1.29 is 9.59 Å². The summed E-state index contributed by atoms with van der Waals surface area (Å²) < 4.78 is 0. The minimum Gasteiger partial charge on any atom is -0.355 e. The van der Waals surface area contributed by atoms with Crippen LogP contribution in [0.5, 0.6) is 0 Å². The van der Waals surface area contributed by atoms with Gasteiger partial charge in [0.05, 0.1) is 5.92 Å². The number of piperidine rings is 1. The lowest BCUT2D eigenvalue weighted by Crippen LogP contribution is -2.46. The van der Waals surface area contributed by atoms with Gasteiger partial charge in [-0.2, -0.15) is 0 Å². The van der Waals surface area contributed by atoms with Gasteiger partial charge in [-0.05, 0) is 32.1 Å². The van der Waals surface area contributed by atoms with Gasteiger partial charge in [0.15, 0.2) is 0 Å². The van der Waals surface area contributed by atoms with Crippen molar-refractivity contribution in [1.82, 2.24) is 10.2 Å². The fraction of sp³-hybridized carbons (Fsp3) is 0.846. The molecule has 1 aliphatic heterocycles. The monoisotopic (exact) mass is 238 g/mol. The van der Waals surface area contributed by atoms with Crippen molar-refractivity contribution in [2.24, 2.45) is 11.8 Å². The van der Waals surface area contributed by atoms with Crippen molar-refractivity contribution in [3.05, 3.63) is 0 Å². The normalized spacial score (nSPS) is 25.0. The molecule has 2 amide bonds. The molecule has 96 valence electrons. The van der Waals surface area contributed by atoms with Crippen LogP contribution in [-0.2, 0) is 9.59 Å². The third kappa shape index (κ3) is 2.99. The van der Waals surface area contributed by atoms with E-state index in [9.17, 15) is 9.59 Å². The molecule has 1 saturated carbocycles. The van der Waals surface area contributed by atoms with E-state index in [1.54, 1.807) is 0 Å². The summed E-state index contributed by atoms with van der Waals surface area (Å²) in [5.41, 5.74) is 0. The SMILES string of the molecule is CCN(CC1CCC1)C(=O)C1CCC(=O)NC1. The van der Waals surface area contributed by atoms with Gasteiger partial charge in [0.2, 0.25) is 11.8 Å². The number of hydrogen-bond donors (Lipinski definition) is 1. The van der Waals surface area contributed by atoms with Crippen molar-refractivity contribution in [3.8, 4) is 0 Å². The van der Waals surface area contributed by atoms with E-state index in [0.29, 0.717) is 19.4 Å². The highest BCUT2D eigenvalue weighted by molar-refractivity contribution is 5.83. The van der Waals surface area contributed by atoms with Crippen LogP contribution in [0.25, 0.3) is 0 Å². The van der Waals surface area contributed by atoms with Gasteiger partial charge in [0.25, 0.3) is 0 Å². The summed E-state index contributed by atoms with van der Waals surface area (Å²) in [7, 11) is 0. The molecular formula is C13H22N2O2. The van der Waals surface area contributed by atoms with Crippen LogP contribution < -0.4 is 5.32 Å². The molecule has 2 aliphatic rings. The Labute approximate surface area is 103 Å². The number of carbonyl (C=O) groups is 2. The van der Waals surface area contributed by atoms with E-state index in [1.807, 2.05) is 11.8 Å². The van der Waals surface area contributed by atoms with Gasteiger partial charge in [-0.25, -0.2) is 0 Å². The largest absolute Gasteiger partial charge is 0.355 e. The van der Waals surface area contributed by atoms with Crippen molar-refractivity contribution >= 4 is 11.8 Å². The smallest absolute Gasteiger partial charge is 0.227 e. The van der Waals surface area contributed by atoms with Gasteiger partial charge in [0, 0.05) is 26.1 Å². The highest BCUT2D eigenvalue weighted by atomic mass is 16.2. The zero-order chi connectivity index (χ0) is 12.3. The molecule has 1 heterocycles. The first-order chi connectivity index (χ1) is 8.20. The van der Waals surface area contributed by atoms with Crippen LogP contribution >= 0.6 is 0 Å². The number of amides is 2. The van der Waals surface area contributed by atoms with Gasteiger partial charge in [-0.15, -0.1) is 0 Å². The molecule has 1 aliphatic carbocycles. The fourth-order valence-electron chi connectivity index (χ4n) is 2.56. The third-order valence-electron chi connectivity index (χ3n) is 4.01. The molecule has 17 heavy (non-hydrogen) atoms. The van der Waals surface area contributed by atoms with E-state index in [2.05, 4.69) is 5.32 Å². The van der Waals surface area contributed by atoms with Gasteiger partial charge in [-0.3, -0.25) is 9.59 Å². The predicted octanol–water partition coefficient (Wildman–Crippen LogP) is 1.16. The van der Waals surface area contributed by atoms with Gasteiger partial charge in [-0.1, -0.05) is 6.42 Å². The summed E-state index contributed by atoms with van der Waals surface area (Å²) in [5, 5.41) is 2.79. The minimum absolute atomic E-state index is 0.00715. The van der Waals surface area contributed by atoms with Crippen LogP contribution in [0.4, 0.5) is 0 Å². The van der Waals surface area contributed by atoms with Crippen LogP contribution in [0.15, 0.2) is 0 Å². The van der Waals surface area contributed by atoms with E-state index < -0.39 is 0 Å². The molecule has 0 spiro atoms. The summed E-state index contributed by atoms with van der Waals surface area (Å²) >= 11 is 0. The van der Waals surface area contributed by atoms with Crippen molar-refractivity contribution in [1.29, 1.82) is 0 Å². The lowest BCUT2D eigenvalue weighted by molar-refractivity contribution is -0.138. The van der Waals surface area contributed by atoms with E-state index in [-0.39, 0.29) is 17.7 Å². The maximum absolute atomic E-state index is 12.3. The molecule has 2 rings (SSSR count). The first kappa shape index (κ1) is 12.4. The summed E-state index contributed by atoms with van der Waals surface area (Å²) in [6, 6.07) is 0. The maximum Gasteiger partial charge on any atom is 0.227 e. The average Bonchev–Trinajstić information content (AvgIpc) is 2.28. The van der Waals surface area contributed by atoms with E-state index in [4.69, 9.17) is 0 Å². The quantitative estimate of drug-likeness (QED) is 0.799. The highest BCUT2D eigenvalue weighted by Crippen LogP contribution is 2.27. The number of nitrogens with zero attached hydrogens (tertiary/aromatic N) is 1. The molecule has 4 heteroatoms. The topological polar surface area (TPSA) is 49.4 Å². The first-order valence-electron chi connectivity index (χ1n) is 6.76. The number of nitrogens with one attached hydrogen (secondary N) is 1. The Balaban J connectivity index is 1.84. The van der Waals surface area contributed by atoms with Crippen LogP contribution in [0.1, 0.15) is 39.0 Å². The summed E-state index contributed by atoms with van der Waals surface area (Å²) in [6.07, 6.45) is 5.06. The molecular weight excluding hydrogens is 216 g/mol. The van der Waals surface area contributed by atoms with Crippen molar-refractivity contribution in [3.63, 3.8) is 0 Å². The summed E-state index contributed by atoms with van der Waals surface area (Å²) in [4.78, 5) is 25.3. The predicted molar refractivity (Wildman–Crippen MR) is 65.3 cm³/mol. The number of rotatable bonds is 4. The van der Waals surface area contributed by atoms with Gasteiger partial charge < -0.3 is 10.2 Å². The molecule has 1 saturated heterocycles. The Morgan fingerprint density at radius 1 is 1.41 bits per heavy atom. The van der Waals surface area contributed by atoms with E-state index >= 15 is 0 Å². The number of hydrogen-bond acceptors (Lipinski definition) is 2. The second-order valence-electron chi connectivity index (χ2n) is 5.21. The Kier molecular flexibility index (Phi) is 4.02. The summed E-state index contributed by atoms with van der Waals surface area (Å²) in [6.45, 7) is 4.27. The van der Waals surface area contributed by atoms with Crippen LogP contribution in [-0.4, -0.2) is 36.3 Å². The Morgan fingerprint density at radius 3 is 2.65 bits per heavy atom. The molecule has 0 radical (unpaired) electrons. The van der Waals surface area contributed by atoms with E-state index in [1.165, 1.54) is 19.3 Å².